The summed E-state index contributed by atoms with van der Waals surface area (Å²) in [5.41, 5.74) is 0.386. The quantitative estimate of drug-likeness (QED) is 0.845. The summed E-state index contributed by atoms with van der Waals surface area (Å²) in [5, 5.41) is 0.673. The SMILES string of the molecule is Cc1nc(-c2ncccn2)sc1C(=O)N1CC(C)OC(C)(C)C1. The summed E-state index contributed by atoms with van der Waals surface area (Å²) in [6.07, 6.45) is 3.37. The number of nitrogens with zero attached hydrogens (tertiary/aromatic N) is 4. The van der Waals surface area contributed by atoms with Gasteiger partial charge in [-0.25, -0.2) is 15.0 Å². The number of aryl methyl sites for hydroxylation is 1. The minimum absolute atomic E-state index is 0.00501. The van der Waals surface area contributed by atoms with E-state index in [0.717, 1.165) is 5.69 Å². The summed E-state index contributed by atoms with van der Waals surface area (Å²) < 4.78 is 5.87. The fourth-order valence-corrected chi connectivity index (χ4v) is 3.83. The van der Waals surface area contributed by atoms with Crippen LogP contribution in [0.15, 0.2) is 18.5 Å². The standard InChI is InChI=1S/C16H20N4O2S/c1-10-8-20(9-16(3,4)22-10)15(21)12-11(2)19-14(23-12)13-17-6-5-7-18-13/h5-7,10H,8-9H2,1-4H3. The molecule has 0 saturated carbocycles. The van der Waals surface area contributed by atoms with Crippen molar-refractivity contribution in [1.29, 1.82) is 0 Å². The van der Waals surface area contributed by atoms with Crippen LogP contribution in [0.4, 0.5) is 0 Å². The van der Waals surface area contributed by atoms with E-state index in [1.807, 2.05) is 32.6 Å². The smallest absolute Gasteiger partial charge is 0.266 e. The van der Waals surface area contributed by atoms with Gasteiger partial charge in [0.1, 0.15) is 4.88 Å². The first-order valence-corrected chi connectivity index (χ1v) is 8.39. The van der Waals surface area contributed by atoms with Gasteiger partial charge in [0, 0.05) is 25.5 Å². The highest BCUT2D eigenvalue weighted by atomic mass is 32.1. The Morgan fingerprint density at radius 2 is 2.09 bits per heavy atom. The summed E-state index contributed by atoms with van der Waals surface area (Å²) >= 11 is 1.35. The average Bonchev–Trinajstić information content (AvgIpc) is 2.87. The Balaban J connectivity index is 1.87. The zero-order valence-corrected chi connectivity index (χ0v) is 14.6. The van der Waals surface area contributed by atoms with Crippen molar-refractivity contribution in [3.8, 4) is 10.8 Å². The van der Waals surface area contributed by atoms with Crippen molar-refractivity contribution in [1.82, 2.24) is 19.9 Å². The van der Waals surface area contributed by atoms with Crippen LogP contribution in [-0.4, -0.2) is 50.6 Å². The van der Waals surface area contributed by atoms with E-state index in [1.165, 1.54) is 11.3 Å². The van der Waals surface area contributed by atoms with Gasteiger partial charge in [-0.2, -0.15) is 0 Å². The van der Waals surface area contributed by atoms with E-state index in [0.29, 0.717) is 28.8 Å². The molecule has 0 aromatic carbocycles. The molecule has 1 atom stereocenters. The van der Waals surface area contributed by atoms with E-state index < -0.39 is 0 Å². The second-order valence-electron chi connectivity index (χ2n) is 6.38. The zero-order chi connectivity index (χ0) is 16.6. The number of aromatic nitrogens is 3. The summed E-state index contributed by atoms with van der Waals surface area (Å²) in [6.45, 7) is 9.02. The molecule has 122 valence electrons. The third kappa shape index (κ3) is 3.40. The number of ether oxygens (including phenoxy) is 1. The molecule has 3 rings (SSSR count). The van der Waals surface area contributed by atoms with Crippen molar-refractivity contribution in [2.75, 3.05) is 13.1 Å². The lowest BCUT2D eigenvalue weighted by Gasteiger charge is -2.41. The molecule has 0 radical (unpaired) electrons. The zero-order valence-electron chi connectivity index (χ0n) is 13.7. The fourth-order valence-electron chi connectivity index (χ4n) is 2.85. The predicted molar refractivity (Wildman–Crippen MR) is 88.4 cm³/mol. The number of rotatable bonds is 2. The molecule has 1 unspecified atom stereocenters. The van der Waals surface area contributed by atoms with Crippen LogP contribution in [-0.2, 0) is 4.74 Å². The summed E-state index contributed by atoms with van der Waals surface area (Å²) in [5.74, 6) is 0.556. The van der Waals surface area contributed by atoms with Crippen molar-refractivity contribution < 1.29 is 9.53 Å². The molecular weight excluding hydrogens is 312 g/mol. The number of carbonyl (C=O) groups is 1. The van der Waals surface area contributed by atoms with E-state index in [9.17, 15) is 4.79 Å². The number of amides is 1. The lowest BCUT2D eigenvalue weighted by molar-refractivity contribution is -0.118. The van der Waals surface area contributed by atoms with Gasteiger partial charge in [-0.15, -0.1) is 11.3 Å². The first kappa shape index (κ1) is 16.0. The Hall–Kier alpha value is -1.86. The van der Waals surface area contributed by atoms with Gasteiger partial charge in [0.25, 0.3) is 5.91 Å². The monoisotopic (exact) mass is 332 g/mol. The van der Waals surface area contributed by atoms with E-state index >= 15 is 0 Å². The summed E-state index contributed by atoms with van der Waals surface area (Å²) in [4.78, 5) is 28.3. The Morgan fingerprint density at radius 1 is 1.39 bits per heavy atom. The molecule has 7 heteroatoms. The largest absolute Gasteiger partial charge is 0.369 e. The molecule has 0 aliphatic carbocycles. The molecule has 0 spiro atoms. The number of morpholine rings is 1. The van der Waals surface area contributed by atoms with Gasteiger partial charge in [0.15, 0.2) is 10.8 Å². The lowest BCUT2D eigenvalue weighted by Crippen LogP contribution is -2.53. The molecule has 0 N–H and O–H groups in total. The van der Waals surface area contributed by atoms with Crippen molar-refractivity contribution >= 4 is 17.2 Å². The van der Waals surface area contributed by atoms with Crippen molar-refractivity contribution in [3.63, 3.8) is 0 Å². The molecule has 2 aromatic rings. The molecular formula is C16H20N4O2S. The van der Waals surface area contributed by atoms with Gasteiger partial charge in [-0.3, -0.25) is 4.79 Å². The van der Waals surface area contributed by atoms with Gasteiger partial charge in [-0.1, -0.05) is 0 Å². The van der Waals surface area contributed by atoms with Crippen LogP contribution in [0.5, 0.6) is 0 Å². The molecule has 1 aliphatic rings. The first-order chi connectivity index (χ1) is 10.9. The minimum Gasteiger partial charge on any atom is -0.369 e. The third-order valence-electron chi connectivity index (χ3n) is 3.60. The van der Waals surface area contributed by atoms with E-state index in [2.05, 4.69) is 15.0 Å². The topological polar surface area (TPSA) is 68.2 Å². The normalized spacial score (nSPS) is 20.5. The van der Waals surface area contributed by atoms with Crippen LogP contribution >= 0.6 is 11.3 Å². The summed E-state index contributed by atoms with van der Waals surface area (Å²) in [7, 11) is 0. The Kier molecular flexibility index (Phi) is 4.16. The Morgan fingerprint density at radius 3 is 2.74 bits per heavy atom. The van der Waals surface area contributed by atoms with Gasteiger partial charge in [0.2, 0.25) is 0 Å². The molecule has 23 heavy (non-hydrogen) atoms. The van der Waals surface area contributed by atoms with Gasteiger partial charge in [-0.05, 0) is 33.8 Å². The molecule has 3 heterocycles. The maximum Gasteiger partial charge on any atom is 0.266 e. The minimum atomic E-state index is -0.336. The van der Waals surface area contributed by atoms with Crippen LogP contribution in [0.25, 0.3) is 10.8 Å². The van der Waals surface area contributed by atoms with Crippen LogP contribution in [0, 0.1) is 6.92 Å². The summed E-state index contributed by atoms with van der Waals surface area (Å²) in [6, 6.07) is 1.76. The molecule has 1 aliphatic heterocycles. The third-order valence-corrected chi connectivity index (χ3v) is 4.75. The Labute approximate surface area is 139 Å². The fraction of sp³-hybridized carbons (Fsp3) is 0.500. The van der Waals surface area contributed by atoms with Crippen LogP contribution in [0.1, 0.15) is 36.1 Å². The second kappa shape index (κ2) is 5.98. The lowest BCUT2D eigenvalue weighted by atomic mass is 10.1. The molecule has 1 amide bonds. The molecule has 0 bridgehead atoms. The van der Waals surface area contributed by atoms with Crippen molar-refractivity contribution in [2.45, 2.75) is 39.4 Å². The Bertz CT molecular complexity index is 714. The number of hydrogen-bond donors (Lipinski definition) is 0. The highest BCUT2D eigenvalue weighted by Gasteiger charge is 2.35. The molecule has 1 saturated heterocycles. The maximum atomic E-state index is 12.9. The maximum absolute atomic E-state index is 12.9. The van der Waals surface area contributed by atoms with Gasteiger partial charge >= 0.3 is 0 Å². The number of hydrogen-bond acceptors (Lipinski definition) is 6. The first-order valence-electron chi connectivity index (χ1n) is 7.57. The van der Waals surface area contributed by atoms with Crippen molar-refractivity contribution in [2.24, 2.45) is 0 Å². The van der Waals surface area contributed by atoms with E-state index in [4.69, 9.17) is 4.74 Å². The molecule has 6 nitrogen and oxygen atoms in total. The van der Waals surface area contributed by atoms with Crippen molar-refractivity contribution in [3.05, 3.63) is 29.0 Å². The molecule has 1 fully saturated rings. The highest BCUT2D eigenvalue weighted by molar-refractivity contribution is 7.17. The number of carbonyl (C=O) groups excluding carboxylic acids is 1. The van der Waals surface area contributed by atoms with Gasteiger partial charge < -0.3 is 9.64 Å². The van der Waals surface area contributed by atoms with Crippen LogP contribution in [0.3, 0.4) is 0 Å². The average molecular weight is 332 g/mol. The molecule has 2 aromatic heterocycles. The number of thiazole rings is 1. The van der Waals surface area contributed by atoms with Gasteiger partial charge in [0.05, 0.1) is 17.4 Å². The van der Waals surface area contributed by atoms with Crippen LogP contribution in [0.2, 0.25) is 0 Å². The predicted octanol–water partition coefficient (Wildman–Crippen LogP) is 2.55. The second-order valence-corrected chi connectivity index (χ2v) is 7.38. The highest BCUT2D eigenvalue weighted by Crippen LogP contribution is 2.28. The van der Waals surface area contributed by atoms with E-state index in [1.54, 1.807) is 18.5 Å². The van der Waals surface area contributed by atoms with Crippen LogP contribution < -0.4 is 0 Å². The van der Waals surface area contributed by atoms with E-state index in [-0.39, 0.29) is 17.6 Å².